The van der Waals surface area contributed by atoms with Crippen LogP contribution >= 0.6 is 0 Å². The van der Waals surface area contributed by atoms with E-state index in [1.54, 1.807) is 0 Å². The molecule has 1 aliphatic carbocycles. The van der Waals surface area contributed by atoms with Gasteiger partial charge in [0.2, 0.25) is 0 Å². The number of hydrogen-bond acceptors (Lipinski definition) is 3. The molecule has 1 saturated carbocycles. The second kappa shape index (κ2) is 5.99. The fourth-order valence-corrected chi connectivity index (χ4v) is 2.11. The molecule has 1 heterocycles. The molecule has 0 spiro atoms. The molecule has 5 heteroatoms. The highest BCUT2D eigenvalue weighted by Gasteiger charge is 2.23. The summed E-state index contributed by atoms with van der Waals surface area (Å²) in [6, 6.07) is 7.98. The Labute approximate surface area is 124 Å². The number of aryl methyl sites for hydroxylation is 1. The summed E-state index contributed by atoms with van der Waals surface area (Å²) in [5, 5.41) is 10.6. The Morgan fingerprint density at radius 3 is 2.71 bits per heavy atom. The normalized spacial score (nSPS) is 14.0. The molecular weight excluding hydrogens is 264 g/mol. The van der Waals surface area contributed by atoms with Gasteiger partial charge in [-0.15, -0.1) is 0 Å². The summed E-state index contributed by atoms with van der Waals surface area (Å²) in [6.45, 7) is 3.67. The van der Waals surface area contributed by atoms with Gasteiger partial charge in [0.15, 0.2) is 0 Å². The monoisotopic (exact) mass is 284 g/mol. The van der Waals surface area contributed by atoms with Crippen LogP contribution in [0.3, 0.4) is 0 Å². The molecule has 1 aromatic heterocycles. The zero-order valence-electron chi connectivity index (χ0n) is 12.2. The minimum atomic E-state index is 0.0215. The van der Waals surface area contributed by atoms with Crippen LogP contribution in [0.5, 0.6) is 0 Å². The summed E-state index contributed by atoms with van der Waals surface area (Å²) in [6.07, 6.45) is 6.12. The van der Waals surface area contributed by atoms with Crippen LogP contribution < -0.4 is 10.6 Å². The van der Waals surface area contributed by atoms with Gasteiger partial charge in [-0.3, -0.25) is 9.48 Å². The molecule has 0 unspecified atom stereocenters. The van der Waals surface area contributed by atoms with E-state index < -0.39 is 0 Å². The predicted octanol–water partition coefficient (Wildman–Crippen LogP) is 2.41. The third kappa shape index (κ3) is 3.62. The molecule has 1 amide bonds. The number of benzene rings is 1. The summed E-state index contributed by atoms with van der Waals surface area (Å²) >= 11 is 0. The fraction of sp³-hybridized carbons (Fsp3) is 0.375. The number of anilines is 1. The molecule has 1 aromatic carbocycles. The molecule has 21 heavy (non-hydrogen) atoms. The molecule has 1 aliphatic rings. The van der Waals surface area contributed by atoms with Crippen LogP contribution in [0.2, 0.25) is 0 Å². The van der Waals surface area contributed by atoms with Crippen molar-refractivity contribution in [3.05, 3.63) is 47.8 Å². The number of aromatic nitrogens is 2. The lowest BCUT2D eigenvalue weighted by molar-refractivity contribution is 0.0951. The lowest BCUT2D eigenvalue weighted by Gasteiger charge is -2.07. The SMILES string of the molecule is CCn1cc(CNc2ccc(C(=O)NC3CC3)cc2)cn1. The van der Waals surface area contributed by atoms with Gasteiger partial charge in [0.1, 0.15) is 0 Å². The molecule has 110 valence electrons. The minimum absolute atomic E-state index is 0.0215. The van der Waals surface area contributed by atoms with E-state index in [1.807, 2.05) is 41.3 Å². The average Bonchev–Trinajstić information content (AvgIpc) is 3.20. The molecule has 0 bridgehead atoms. The number of amides is 1. The highest BCUT2D eigenvalue weighted by molar-refractivity contribution is 5.94. The molecule has 1 fully saturated rings. The van der Waals surface area contributed by atoms with E-state index >= 15 is 0 Å². The predicted molar refractivity (Wildman–Crippen MR) is 82.2 cm³/mol. The maximum absolute atomic E-state index is 11.9. The zero-order valence-corrected chi connectivity index (χ0v) is 12.2. The number of nitrogens with zero attached hydrogens (tertiary/aromatic N) is 2. The van der Waals surface area contributed by atoms with Gasteiger partial charge in [0.05, 0.1) is 6.20 Å². The van der Waals surface area contributed by atoms with Gasteiger partial charge < -0.3 is 10.6 Å². The molecular formula is C16H20N4O. The second-order valence-corrected chi connectivity index (χ2v) is 5.38. The van der Waals surface area contributed by atoms with Gasteiger partial charge in [0, 0.05) is 42.1 Å². The third-order valence-electron chi connectivity index (χ3n) is 3.57. The largest absolute Gasteiger partial charge is 0.381 e. The van der Waals surface area contributed by atoms with E-state index in [0.29, 0.717) is 11.6 Å². The second-order valence-electron chi connectivity index (χ2n) is 5.38. The molecule has 5 nitrogen and oxygen atoms in total. The third-order valence-corrected chi connectivity index (χ3v) is 3.57. The Hall–Kier alpha value is -2.30. The standard InChI is InChI=1S/C16H20N4O/c1-2-20-11-12(10-18-20)9-17-14-5-3-13(4-6-14)16(21)19-15-7-8-15/h3-6,10-11,15,17H,2,7-9H2,1H3,(H,19,21). The fourth-order valence-electron chi connectivity index (χ4n) is 2.11. The highest BCUT2D eigenvalue weighted by atomic mass is 16.1. The van der Waals surface area contributed by atoms with Crippen molar-refractivity contribution in [2.45, 2.75) is 38.9 Å². The quantitative estimate of drug-likeness (QED) is 0.856. The van der Waals surface area contributed by atoms with Crippen molar-refractivity contribution in [1.29, 1.82) is 0 Å². The average molecular weight is 284 g/mol. The van der Waals surface area contributed by atoms with Crippen LogP contribution in [0.15, 0.2) is 36.7 Å². The summed E-state index contributed by atoms with van der Waals surface area (Å²) in [5.74, 6) is 0.0215. The number of rotatable bonds is 6. The number of carbonyl (C=O) groups is 1. The summed E-state index contributed by atoms with van der Waals surface area (Å²) < 4.78 is 1.91. The Balaban J connectivity index is 1.54. The van der Waals surface area contributed by atoms with E-state index in [2.05, 4.69) is 22.7 Å². The number of carbonyl (C=O) groups excluding carboxylic acids is 1. The first-order valence-electron chi connectivity index (χ1n) is 7.40. The van der Waals surface area contributed by atoms with Gasteiger partial charge >= 0.3 is 0 Å². The highest BCUT2D eigenvalue weighted by Crippen LogP contribution is 2.19. The van der Waals surface area contributed by atoms with Gasteiger partial charge in [-0.2, -0.15) is 5.10 Å². The van der Waals surface area contributed by atoms with Crippen molar-refractivity contribution >= 4 is 11.6 Å². The van der Waals surface area contributed by atoms with Crippen LogP contribution in [-0.2, 0) is 13.1 Å². The molecule has 3 rings (SSSR count). The van der Waals surface area contributed by atoms with Crippen LogP contribution in [0, 0.1) is 0 Å². The maximum atomic E-state index is 11.9. The Bertz CT molecular complexity index is 613. The summed E-state index contributed by atoms with van der Waals surface area (Å²) in [4.78, 5) is 11.9. The van der Waals surface area contributed by atoms with Crippen LogP contribution in [-0.4, -0.2) is 21.7 Å². The molecule has 2 aromatic rings. The van der Waals surface area contributed by atoms with E-state index in [1.165, 1.54) is 0 Å². The van der Waals surface area contributed by atoms with E-state index in [-0.39, 0.29) is 5.91 Å². The van der Waals surface area contributed by atoms with Crippen LogP contribution in [0.1, 0.15) is 35.7 Å². The molecule has 2 N–H and O–H groups in total. The van der Waals surface area contributed by atoms with Crippen molar-refractivity contribution in [2.75, 3.05) is 5.32 Å². The van der Waals surface area contributed by atoms with Crippen molar-refractivity contribution in [3.63, 3.8) is 0 Å². The maximum Gasteiger partial charge on any atom is 0.251 e. The topological polar surface area (TPSA) is 59.0 Å². The van der Waals surface area contributed by atoms with Crippen molar-refractivity contribution in [2.24, 2.45) is 0 Å². The van der Waals surface area contributed by atoms with Gasteiger partial charge in [-0.1, -0.05) is 0 Å². The van der Waals surface area contributed by atoms with Crippen molar-refractivity contribution in [1.82, 2.24) is 15.1 Å². The molecule has 0 radical (unpaired) electrons. The smallest absolute Gasteiger partial charge is 0.251 e. The van der Waals surface area contributed by atoms with Gasteiger partial charge in [-0.05, 0) is 44.0 Å². The minimum Gasteiger partial charge on any atom is -0.381 e. The lowest BCUT2D eigenvalue weighted by Crippen LogP contribution is -2.25. The van der Waals surface area contributed by atoms with E-state index in [0.717, 1.165) is 37.2 Å². The van der Waals surface area contributed by atoms with E-state index in [4.69, 9.17) is 0 Å². The van der Waals surface area contributed by atoms with Gasteiger partial charge in [-0.25, -0.2) is 0 Å². The lowest BCUT2D eigenvalue weighted by atomic mass is 10.2. The first-order valence-corrected chi connectivity index (χ1v) is 7.40. The number of nitrogens with one attached hydrogen (secondary N) is 2. The first kappa shape index (κ1) is 13.7. The van der Waals surface area contributed by atoms with Gasteiger partial charge in [0.25, 0.3) is 5.91 Å². The first-order chi connectivity index (χ1) is 10.2. The van der Waals surface area contributed by atoms with Crippen LogP contribution in [0.4, 0.5) is 5.69 Å². The Morgan fingerprint density at radius 2 is 2.10 bits per heavy atom. The number of hydrogen-bond donors (Lipinski definition) is 2. The van der Waals surface area contributed by atoms with Crippen LogP contribution in [0.25, 0.3) is 0 Å². The Morgan fingerprint density at radius 1 is 1.33 bits per heavy atom. The zero-order chi connectivity index (χ0) is 14.7. The molecule has 0 saturated heterocycles. The summed E-state index contributed by atoms with van der Waals surface area (Å²) in [7, 11) is 0. The van der Waals surface area contributed by atoms with E-state index in [9.17, 15) is 4.79 Å². The summed E-state index contributed by atoms with van der Waals surface area (Å²) in [5.41, 5.74) is 2.86. The van der Waals surface area contributed by atoms with Crippen molar-refractivity contribution < 1.29 is 4.79 Å². The molecule has 0 aliphatic heterocycles. The Kier molecular flexibility index (Phi) is 3.90. The molecule has 0 atom stereocenters. The van der Waals surface area contributed by atoms with Crippen molar-refractivity contribution in [3.8, 4) is 0 Å².